The Hall–Kier alpha value is -0.693. The van der Waals surface area contributed by atoms with Crippen molar-refractivity contribution in [2.75, 3.05) is 27.9 Å². The van der Waals surface area contributed by atoms with Gasteiger partial charge in [0.25, 0.3) is 0 Å². The summed E-state index contributed by atoms with van der Waals surface area (Å²) in [7, 11) is 2.20. The first-order valence-corrected chi connectivity index (χ1v) is 6.24. The third-order valence-electron chi connectivity index (χ3n) is 1.45. The van der Waals surface area contributed by atoms with E-state index < -0.39 is 8.80 Å². The van der Waals surface area contributed by atoms with Crippen molar-refractivity contribution >= 4 is 14.8 Å². The zero-order valence-electron chi connectivity index (χ0n) is 10.0. The molecular weight excluding hydrogens is 216 g/mol. The van der Waals surface area contributed by atoms with Crippen LogP contribution in [0.3, 0.4) is 0 Å². The number of hydrogen-bond acceptors (Lipinski definition) is 5. The van der Waals surface area contributed by atoms with Gasteiger partial charge in [0.2, 0.25) is 0 Å². The molecule has 0 spiro atoms. The van der Waals surface area contributed by atoms with Crippen LogP contribution in [0.1, 0.15) is 13.8 Å². The van der Waals surface area contributed by atoms with Gasteiger partial charge in [0.1, 0.15) is 0 Å². The Bertz CT molecular complexity index is 171. The molecule has 0 N–H and O–H groups in total. The van der Waals surface area contributed by atoms with Gasteiger partial charge >= 0.3 is 14.8 Å². The number of carbonyl (C=O) groups is 1. The molecule has 0 rings (SSSR count). The van der Waals surface area contributed by atoms with Crippen LogP contribution in [0.2, 0.25) is 0 Å². The summed E-state index contributed by atoms with van der Waals surface area (Å²) in [5, 5.41) is 0. The van der Waals surface area contributed by atoms with Crippen molar-refractivity contribution in [3.05, 3.63) is 12.3 Å². The molecule has 0 bridgehead atoms. The number of ether oxygens (including phenoxy) is 1. The molecule has 15 heavy (non-hydrogen) atoms. The van der Waals surface area contributed by atoms with Gasteiger partial charge in [-0.25, -0.2) is 0 Å². The minimum absolute atomic E-state index is 0.211. The maximum atomic E-state index is 9.82. The summed E-state index contributed by atoms with van der Waals surface area (Å²) >= 11 is 0. The molecule has 0 radical (unpaired) electrons. The lowest BCUT2D eigenvalue weighted by molar-refractivity contribution is -0.140. The van der Waals surface area contributed by atoms with Crippen LogP contribution in [0.25, 0.3) is 0 Å². The average Bonchev–Trinajstić information content (AvgIpc) is 2.23. The van der Waals surface area contributed by atoms with Crippen molar-refractivity contribution in [1.29, 1.82) is 0 Å². The summed E-state index contributed by atoms with van der Waals surface area (Å²) < 4.78 is 19.3. The van der Waals surface area contributed by atoms with E-state index in [1.54, 1.807) is 34.0 Å². The molecule has 90 valence electrons. The quantitative estimate of drug-likeness (QED) is 0.529. The van der Waals surface area contributed by atoms with Gasteiger partial charge in [-0.15, -0.1) is 0 Å². The SMILES string of the molecule is C=C[Si](OC)(OC)OC.CCOC(C)=O. The van der Waals surface area contributed by atoms with Gasteiger partial charge in [-0.1, -0.05) is 6.58 Å². The maximum Gasteiger partial charge on any atom is 0.528 e. The predicted octanol–water partition coefficient (Wildman–Crippen LogP) is 1.16. The maximum absolute atomic E-state index is 9.82. The van der Waals surface area contributed by atoms with Crippen molar-refractivity contribution in [3.63, 3.8) is 0 Å². The summed E-state index contributed by atoms with van der Waals surface area (Å²) in [4.78, 5) is 9.82. The standard InChI is InChI=1S/C5H12O3Si.C4H8O2/c1-5-9(6-2,7-3)8-4;1-3-6-4(2)5/h5H,1H2,2-4H3;3H2,1-2H3. The number of carbonyl (C=O) groups excluding carboxylic acids is 1. The van der Waals surface area contributed by atoms with Crippen molar-refractivity contribution < 1.29 is 22.8 Å². The highest BCUT2D eigenvalue weighted by molar-refractivity contribution is 6.66. The Kier molecular flexibility index (Phi) is 11.0. The third-order valence-corrected chi connectivity index (χ3v) is 3.66. The molecule has 0 atom stereocenters. The van der Waals surface area contributed by atoms with E-state index in [-0.39, 0.29) is 5.97 Å². The summed E-state index contributed by atoms with van der Waals surface area (Å²) in [5.74, 6) is -0.211. The van der Waals surface area contributed by atoms with Gasteiger partial charge in [0.05, 0.1) is 6.61 Å². The lowest BCUT2D eigenvalue weighted by atomic mass is 10.8. The largest absolute Gasteiger partial charge is 0.528 e. The molecule has 0 aliphatic rings. The first-order chi connectivity index (χ1) is 7.01. The van der Waals surface area contributed by atoms with Gasteiger partial charge in [-0.3, -0.25) is 4.79 Å². The third kappa shape index (κ3) is 8.31. The van der Waals surface area contributed by atoms with Crippen LogP contribution in [0.4, 0.5) is 0 Å². The van der Waals surface area contributed by atoms with Crippen molar-refractivity contribution in [2.45, 2.75) is 13.8 Å². The molecule has 0 aromatic rings. The van der Waals surface area contributed by atoms with E-state index in [1.807, 2.05) is 0 Å². The molecule has 0 heterocycles. The number of esters is 1. The Morgan fingerprint density at radius 2 is 1.67 bits per heavy atom. The highest BCUT2D eigenvalue weighted by Crippen LogP contribution is 2.04. The lowest BCUT2D eigenvalue weighted by Crippen LogP contribution is -2.40. The fourth-order valence-electron chi connectivity index (χ4n) is 0.703. The normalized spacial score (nSPS) is 9.93. The molecule has 6 heteroatoms. The second kappa shape index (κ2) is 9.85. The molecule has 0 saturated heterocycles. The zero-order valence-corrected chi connectivity index (χ0v) is 11.0. The topological polar surface area (TPSA) is 54.0 Å². The summed E-state index contributed by atoms with van der Waals surface area (Å²) in [5.41, 5.74) is 1.58. The summed E-state index contributed by atoms with van der Waals surface area (Å²) in [6.07, 6.45) is 0. The highest BCUT2D eigenvalue weighted by Gasteiger charge is 2.33. The minimum atomic E-state index is -2.43. The van der Waals surface area contributed by atoms with Crippen molar-refractivity contribution in [1.82, 2.24) is 0 Å². The second-order valence-electron chi connectivity index (χ2n) is 2.34. The van der Waals surface area contributed by atoms with E-state index in [0.29, 0.717) is 6.61 Å². The van der Waals surface area contributed by atoms with Crippen LogP contribution >= 0.6 is 0 Å². The van der Waals surface area contributed by atoms with Crippen LogP contribution < -0.4 is 0 Å². The van der Waals surface area contributed by atoms with Gasteiger partial charge in [0.15, 0.2) is 0 Å². The molecule has 0 aromatic carbocycles. The summed E-state index contributed by atoms with van der Waals surface area (Å²) in [6, 6.07) is 0. The van der Waals surface area contributed by atoms with E-state index >= 15 is 0 Å². The van der Waals surface area contributed by atoms with Crippen LogP contribution in [-0.2, 0) is 22.8 Å². The van der Waals surface area contributed by atoms with E-state index in [1.165, 1.54) is 6.92 Å². The fraction of sp³-hybridized carbons (Fsp3) is 0.667. The van der Waals surface area contributed by atoms with Gasteiger partial charge in [-0.2, -0.15) is 0 Å². The van der Waals surface area contributed by atoms with E-state index in [4.69, 9.17) is 13.3 Å². The fourth-order valence-corrected chi connectivity index (χ4v) is 1.70. The molecule has 5 nitrogen and oxygen atoms in total. The molecule has 0 aliphatic heterocycles. The van der Waals surface area contributed by atoms with Crippen LogP contribution in [0.5, 0.6) is 0 Å². The smallest absolute Gasteiger partial charge is 0.466 e. The lowest BCUT2D eigenvalue weighted by Gasteiger charge is -2.19. The Morgan fingerprint density at radius 3 is 1.67 bits per heavy atom. The Balaban J connectivity index is 0. The molecule has 0 fully saturated rings. The molecular formula is C9H20O5Si. The van der Waals surface area contributed by atoms with Crippen LogP contribution in [0, 0.1) is 0 Å². The summed E-state index contributed by atoms with van der Waals surface area (Å²) in [6.45, 7) is 7.19. The van der Waals surface area contributed by atoms with E-state index in [9.17, 15) is 4.79 Å². The number of hydrogen-bond donors (Lipinski definition) is 0. The van der Waals surface area contributed by atoms with Gasteiger partial charge in [0, 0.05) is 28.3 Å². The van der Waals surface area contributed by atoms with E-state index in [0.717, 1.165) is 0 Å². The molecule has 0 saturated carbocycles. The number of rotatable bonds is 5. The molecule has 0 aromatic heterocycles. The Morgan fingerprint density at radius 1 is 1.27 bits per heavy atom. The van der Waals surface area contributed by atoms with Crippen molar-refractivity contribution in [2.24, 2.45) is 0 Å². The predicted molar refractivity (Wildman–Crippen MR) is 59.3 cm³/mol. The monoisotopic (exact) mass is 236 g/mol. The molecule has 0 unspecified atom stereocenters. The minimum Gasteiger partial charge on any atom is -0.466 e. The average molecular weight is 236 g/mol. The molecule has 0 amide bonds. The van der Waals surface area contributed by atoms with Crippen LogP contribution in [0.15, 0.2) is 12.3 Å². The highest BCUT2D eigenvalue weighted by atomic mass is 28.4. The molecule has 0 aliphatic carbocycles. The first kappa shape index (κ1) is 16.7. The first-order valence-electron chi connectivity index (χ1n) is 4.44. The second-order valence-corrected chi connectivity index (χ2v) is 5.18. The van der Waals surface area contributed by atoms with Crippen molar-refractivity contribution in [3.8, 4) is 0 Å². The Labute approximate surface area is 92.3 Å². The van der Waals surface area contributed by atoms with Gasteiger partial charge in [-0.05, 0) is 12.6 Å². The zero-order chi connectivity index (χ0) is 12.3. The van der Waals surface area contributed by atoms with Gasteiger partial charge < -0.3 is 18.0 Å². The van der Waals surface area contributed by atoms with E-state index in [2.05, 4.69) is 11.3 Å². The van der Waals surface area contributed by atoms with Crippen LogP contribution in [-0.4, -0.2) is 42.7 Å².